The van der Waals surface area contributed by atoms with Gasteiger partial charge in [-0.1, -0.05) is 45.7 Å². The van der Waals surface area contributed by atoms with Crippen LogP contribution in [0.3, 0.4) is 0 Å². The highest BCUT2D eigenvalue weighted by atomic mass is 79.9. The van der Waals surface area contributed by atoms with E-state index in [0.717, 1.165) is 21.2 Å². The normalized spacial score (nSPS) is 15.3. The van der Waals surface area contributed by atoms with Gasteiger partial charge in [0.25, 0.3) is 5.91 Å². The lowest BCUT2D eigenvalue weighted by Crippen LogP contribution is -2.29. The number of pyridine rings is 1. The Morgan fingerprint density at radius 3 is 2.81 bits per heavy atom. The Balaban J connectivity index is 1.69. The molecule has 0 spiro atoms. The molecule has 1 aliphatic heterocycles. The summed E-state index contributed by atoms with van der Waals surface area (Å²) in [5, 5.41) is 18.5. The van der Waals surface area contributed by atoms with E-state index in [1.165, 1.54) is 0 Å². The van der Waals surface area contributed by atoms with E-state index >= 15 is 0 Å². The summed E-state index contributed by atoms with van der Waals surface area (Å²) < 4.78 is 0.906. The topological polar surface area (TPSA) is 82.1 Å². The number of hydrogen-bond donors (Lipinski definition) is 2. The molecule has 6 nitrogen and oxygen atoms in total. The molecule has 32 heavy (non-hydrogen) atoms. The van der Waals surface area contributed by atoms with E-state index in [4.69, 9.17) is 11.6 Å². The average molecular weight is 510 g/mol. The van der Waals surface area contributed by atoms with Crippen LogP contribution in [-0.2, 0) is 6.54 Å². The predicted octanol–water partition coefficient (Wildman–Crippen LogP) is 5.65. The summed E-state index contributed by atoms with van der Waals surface area (Å²) in [6, 6.07) is 14.5. The molecule has 0 bridgehead atoms. The number of hydrogen-bond acceptors (Lipinski definition) is 4. The van der Waals surface area contributed by atoms with Gasteiger partial charge >= 0.3 is 0 Å². The molecule has 5 rings (SSSR count). The maximum atomic E-state index is 13.5. The molecule has 0 aliphatic carbocycles. The van der Waals surface area contributed by atoms with E-state index in [9.17, 15) is 9.90 Å². The summed E-state index contributed by atoms with van der Waals surface area (Å²) in [4.78, 5) is 19.4. The molecule has 2 N–H and O–H groups in total. The molecule has 0 saturated carbocycles. The molecule has 0 radical (unpaired) electrons. The van der Waals surface area contributed by atoms with Crippen LogP contribution >= 0.6 is 27.5 Å². The third kappa shape index (κ3) is 3.47. The van der Waals surface area contributed by atoms with Crippen molar-refractivity contribution in [2.24, 2.45) is 0 Å². The summed E-state index contributed by atoms with van der Waals surface area (Å²) in [6.45, 7) is 2.21. The second-order valence-corrected chi connectivity index (χ2v) is 9.05. The molecule has 0 unspecified atom stereocenters. The Morgan fingerprint density at radius 2 is 2.06 bits per heavy atom. The van der Waals surface area contributed by atoms with E-state index in [0.29, 0.717) is 34.1 Å². The van der Waals surface area contributed by atoms with Crippen LogP contribution < -0.4 is 0 Å². The molecule has 1 aliphatic rings. The molecule has 1 amide bonds. The number of rotatable bonds is 4. The number of amides is 1. The monoisotopic (exact) mass is 508 g/mol. The number of H-pyrrole nitrogens is 1. The van der Waals surface area contributed by atoms with Crippen LogP contribution in [-0.4, -0.2) is 31.1 Å². The molecule has 1 atom stereocenters. The number of halogens is 2. The fourth-order valence-corrected chi connectivity index (χ4v) is 4.71. The zero-order chi connectivity index (χ0) is 22.4. The summed E-state index contributed by atoms with van der Waals surface area (Å²) in [5.41, 5.74) is 4.72. The lowest BCUT2D eigenvalue weighted by atomic mass is 9.95. The predicted molar refractivity (Wildman–Crippen MR) is 126 cm³/mol. The van der Waals surface area contributed by atoms with Crippen LogP contribution in [0.1, 0.15) is 38.8 Å². The molecule has 2 aromatic heterocycles. The number of carbonyl (C=O) groups is 1. The van der Waals surface area contributed by atoms with E-state index in [-0.39, 0.29) is 11.7 Å². The van der Waals surface area contributed by atoms with Gasteiger partial charge in [-0.15, -0.1) is 0 Å². The summed E-state index contributed by atoms with van der Waals surface area (Å²) in [6.07, 6.45) is 3.46. The van der Waals surface area contributed by atoms with E-state index in [1.54, 1.807) is 29.4 Å². The number of aromatic hydroxyl groups is 1. The van der Waals surface area contributed by atoms with Gasteiger partial charge in [-0.3, -0.25) is 14.9 Å². The molecule has 4 aromatic rings. The van der Waals surface area contributed by atoms with Gasteiger partial charge in [-0.25, -0.2) is 0 Å². The lowest BCUT2D eigenvalue weighted by Gasteiger charge is -2.26. The third-order valence-corrected chi connectivity index (χ3v) is 6.54. The Labute approximate surface area is 198 Å². The minimum atomic E-state index is -0.400. The van der Waals surface area contributed by atoms with Gasteiger partial charge in [0, 0.05) is 39.6 Å². The van der Waals surface area contributed by atoms with Crippen LogP contribution in [0, 0.1) is 6.92 Å². The Morgan fingerprint density at radius 1 is 1.22 bits per heavy atom. The number of aryl methyl sites for hydroxylation is 1. The zero-order valence-electron chi connectivity index (χ0n) is 17.0. The summed E-state index contributed by atoms with van der Waals surface area (Å²) in [7, 11) is 0. The van der Waals surface area contributed by atoms with E-state index < -0.39 is 6.04 Å². The smallest absolute Gasteiger partial charge is 0.273 e. The van der Waals surface area contributed by atoms with Gasteiger partial charge in [0.1, 0.15) is 17.1 Å². The van der Waals surface area contributed by atoms with Crippen LogP contribution in [0.5, 0.6) is 5.75 Å². The molecular formula is C24H18BrClN4O2. The molecule has 2 aromatic carbocycles. The molecular weight excluding hydrogens is 492 g/mol. The van der Waals surface area contributed by atoms with Crippen molar-refractivity contribution in [3.8, 4) is 17.0 Å². The SMILES string of the molecule is Cc1cc(O)c(-c2n[nH]c3c2[C@H](c2cccc(Br)c2)N(Cc2cccnc2)C3=O)cc1Cl. The maximum Gasteiger partial charge on any atom is 0.273 e. The number of nitrogens with zero attached hydrogens (tertiary/aromatic N) is 3. The Hall–Kier alpha value is -3.16. The highest BCUT2D eigenvalue weighted by Gasteiger charge is 2.42. The Bertz CT molecular complexity index is 1340. The summed E-state index contributed by atoms with van der Waals surface area (Å²) in [5.74, 6) is -0.0994. The van der Waals surface area contributed by atoms with Crippen molar-refractivity contribution in [1.29, 1.82) is 0 Å². The number of phenolic OH excluding ortho intramolecular Hbond substituents is 1. The van der Waals surface area contributed by atoms with E-state index in [1.807, 2.05) is 43.3 Å². The number of carbonyl (C=O) groups excluding carboxylic acids is 1. The van der Waals surface area contributed by atoms with Crippen LogP contribution in [0.25, 0.3) is 11.3 Å². The second-order valence-electron chi connectivity index (χ2n) is 7.73. The first-order valence-corrected chi connectivity index (χ1v) is 11.1. The minimum Gasteiger partial charge on any atom is -0.507 e. The van der Waals surface area contributed by atoms with Crippen LogP contribution in [0.15, 0.2) is 65.4 Å². The average Bonchev–Trinajstić information content (AvgIpc) is 3.31. The van der Waals surface area contributed by atoms with Crippen molar-refractivity contribution in [1.82, 2.24) is 20.1 Å². The van der Waals surface area contributed by atoms with Crippen molar-refractivity contribution in [2.75, 3.05) is 0 Å². The zero-order valence-corrected chi connectivity index (χ0v) is 19.4. The first-order chi connectivity index (χ1) is 15.4. The minimum absolute atomic E-state index is 0.0624. The molecule has 0 fully saturated rings. The van der Waals surface area contributed by atoms with Gasteiger partial charge in [0.15, 0.2) is 0 Å². The van der Waals surface area contributed by atoms with Gasteiger partial charge in [-0.2, -0.15) is 5.10 Å². The standard InChI is InChI=1S/C24H18BrClN4O2/c1-13-8-19(31)17(10-18(13)26)21-20-22(29-28-21)24(32)30(12-14-4-3-7-27-11-14)23(20)15-5-2-6-16(25)9-15/h2-11,23,31H,12H2,1H3,(H,28,29)/t23-/m0/s1. The first kappa shape index (κ1) is 20.7. The van der Waals surface area contributed by atoms with Gasteiger partial charge in [0.2, 0.25) is 0 Å². The maximum absolute atomic E-state index is 13.5. The summed E-state index contributed by atoms with van der Waals surface area (Å²) >= 11 is 9.89. The van der Waals surface area contributed by atoms with Crippen LogP contribution in [0.4, 0.5) is 0 Å². The van der Waals surface area contributed by atoms with Gasteiger partial charge < -0.3 is 10.0 Å². The quantitative estimate of drug-likeness (QED) is 0.373. The van der Waals surface area contributed by atoms with Crippen molar-refractivity contribution in [3.63, 3.8) is 0 Å². The molecule has 3 heterocycles. The highest BCUT2D eigenvalue weighted by Crippen LogP contribution is 2.46. The molecule has 0 saturated heterocycles. The molecule has 160 valence electrons. The first-order valence-electron chi connectivity index (χ1n) is 9.97. The lowest BCUT2D eigenvalue weighted by molar-refractivity contribution is 0.0730. The fourth-order valence-electron chi connectivity index (χ4n) is 4.13. The Kier molecular flexibility index (Phi) is 5.23. The number of benzene rings is 2. The van der Waals surface area contributed by atoms with Crippen LogP contribution in [0.2, 0.25) is 5.02 Å². The largest absolute Gasteiger partial charge is 0.507 e. The molecule has 8 heteroatoms. The van der Waals surface area contributed by atoms with Crippen molar-refractivity contribution in [3.05, 3.63) is 98.4 Å². The number of aromatic nitrogens is 3. The van der Waals surface area contributed by atoms with Crippen molar-refractivity contribution < 1.29 is 9.90 Å². The fraction of sp³-hybridized carbons (Fsp3) is 0.125. The second kappa shape index (κ2) is 8.07. The van der Waals surface area contributed by atoms with Gasteiger partial charge in [0.05, 0.1) is 6.04 Å². The number of fused-ring (bicyclic) bond motifs is 1. The van der Waals surface area contributed by atoms with E-state index in [2.05, 4.69) is 31.1 Å². The highest BCUT2D eigenvalue weighted by molar-refractivity contribution is 9.10. The number of aromatic amines is 1. The van der Waals surface area contributed by atoms with Crippen molar-refractivity contribution >= 4 is 33.4 Å². The number of nitrogens with one attached hydrogen (secondary N) is 1. The van der Waals surface area contributed by atoms with Crippen molar-refractivity contribution in [2.45, 2.75) is 19.5 Å². The van der Waals surface area contributed by atoms with Gasteiger partial charge in [-0.05, 0) is 53.9 Å². The third-order valence-electron chi connectivity index (χ3n) is 5.64. The number of phenols is 1.